The molecule has 0 aromatic carbocycles. The van der Waals surface area contributed by atoms with Crippen molar-refractivity contribution in [3.8, 4) is 0 Å². The Hall–Kier alpha value is -3.95. The highest BCUT2D eigenvalue weighted by molar-refractivity contribution is 5.96. The maximum atomic E-state index is 12.6. The highest BCUT2D eigenvalue weighted by Crippen LogP contribution is 2.04. The van der Waals surface area contributed by atoms with Crippen molar-refractivity contribution in [2.24, 2.45) is 28.1 Å². The summed E-state index contributed by atoms with van der Waals surface area (Å²) in [6, 6.07) is -5.97. The quantitative estimate of drug-likeness (QED) is 0.0563. The predicted octanol–water partition coefficient (Wildman–Crippen LogP) is -3.49. The third kappa shape index (κ3) is 12.8. The van der Waals surface area contributed by atoms with Crippen LogP contribution in [0.25, 0.3) is 0 Å². The van der Waals surface area contributed by atoms with Gasteiger partial charge in [0.15, 0.2) is 5.96 Å². The number of nitrogens with zero attached hydrogens (tertiary/aromatic N) is 1. The monoisotopic (exact) mass is 503 g/mol. The van der Waals surface area contributed by atoms with Crippen LogP contribution in [0.3, 0.4) is 0 Å². The number of guanidine groups is 1. The van der Waals surface area contributed by atoms with Gasteiger partial charge < -0.3 is 48.5 Å². The van der Waals surface area contributed by atoms with Gasteiger partial charge in [-0.3, -0.25) is 29.0 Å². The Labute approximate surface area is 200 Å². The van der Waals surface area contributed by atoms with Crippen molar-refractivity contribution >= 4 is 41.6 Å². The lowest BCUT2D eigenvalue weighted by Crippen LogP contribution is -2.58. The van der Waals surface area contributed by atoms with Gasteiger partial charge in [-0.05, 0) is 18.8 Å². The lowest BCUT2D eigenvalue weighted by molar-refractivity contribution is -0.145. The fourth-order valence-electron chi connectivity index (χ4n) is 2.64. The lowest BCUT2D eigenvalue weighted by Gasteiger charge is -2.24. The highest BCUT2D eigenvalue weighted by Gasteiger charge is 2.32. The van der Waals surface area contributed by atoms with Gasteiger partial charge in [-0.1, -0.05) is 13.8 Å². The molecule has 0 rings (SSSR count). The molecule has 0 aromatic rings. The number of carboxylic acids is 3. The first-order valence-corrected chi connectivity index (χ1v) is 10.5. The molecule has 35 heavy (non-hydrogen) atoms. The Kier molecular flexibility index (Phi) is 13.4. The van der Waals surface area contributed by atoms with Crippen LogP contribution >= 0.6 is 0 Å². The minimum Gasteiger partial charge on any atom is -0.481 e. The third-order valence-corrected chi connectivity index (χ3v) is 4.60. The number of amides is 3. The van der Waals surface area contributed by atoms with Crippen LogP contribution in [0.4, 0.5) is 0 Å². The van der Waals surface area contributed by atoms with E-state index in [0.29, 0.717) is 0 Å². The average Bonchev–Trinajstić information content (AvgIpc) is 2.72. The molecule has 4 atom stereocenters. The zero-order valence-electron chi connectivity index (χ0n) is 19.4. The number of carbonyl (C=O) groups is 6. The first kappa shape index (κ1) is 31.0. The molecule has 0 radical (unpaired) electrons. The van der Waals surface area contributed by atoms with Gasteiger partial charge in [0.2, 0.25) is 17.7 Å². The molecule has 0 bridgehead atoms. The lowest BCUT2D eigenvalue weighted by atomic mass is 10.0. The summed E-state index contributed by atoms with van der Waals surface area (Å²) in [4.78, 5) is 74.9. The van der Waals surface area contributed by atoms with Crippen molar-refractivity contribution in [1.82, 2.24) is 16.0 Å². The number of aliphatic imine (C=N–C) groups is 1. The van der Waals surface area contributed by atoms with Crippen LogP contribution < -0.4 is 33.2 Å². The molecule has 0 saturated heterocycles. The molecule has 16 nitrogen and oxygen atoms in total. The maximum absolute atomic E-state index is 12.6. The van der Waals surface area contributed by atoms with Gasteiger partial charge in [0, 0.05) is 6.54 Å². The Balaban J connectivity index is 5.51. The van der Waals surface area contributed by atoms with Crippen molar-refractivity contribution in [1.29, 1.82) is 0 Å². The van der Waals surface area contributed by atoms with E-state index in [9.17, 15) is 33.9 Å². The van der Waals surface area contributed by atoms with Crippen LogP contribution in [0.15, 0.2) is 4.99 Å². The standard InChI is InChI=1S/C19H33N7O9/c1-8(2)14(20)17(33)26-11(7-13(29)30)16(32)25-10(6-12(27)28)15(31)24-9(18(34)35)4-3-5-23-19(21)22/h8-11,14H,3-7,20H2,1-2H3,(H,24,31)(H,25,32)(H,26,33)(H,27,28)(H,29,30)(H,34,35)(H4,21,22,23). The number of carbonyl (C=O) groups excluding carboxylic acids is 3. The van der Waals surface area contributed by atoms with Crippen LogP contribution in [-0.2, 0) is 28.8 Å². The summed E-state index contributed by atoms with van der Waals surface area (Å²) in [6.07, 6.45) is -1.78. The molecule has 12 N–H and O–H groups in total. The first-order valence-electron chi connectivity index (χ1n) is 10.5. The smallest absolute Gasteiger partial charge is 0.326 e. The summed E-state index contributed by atoms with van der Waals surface area (Å²) in [5, 5.41) is 33.9. The number of hydrogen-bond acceptors (Lipinski definition) is 8. The molecule has 0 aliphatic carbocycles. The van der Waals surface area contributed by atoms with Gasteiger partial charge in [0.1, 0.15) is 18.1 Å². The number of rotatable bonds is 16. The van der Waals surface area contributed by atoms with Crippen LogP contribution in [0, 0.1) is 5.92 Å². The zero-order chi connectivity index (χ0) is 27.3. The van der Waals surface area contributed by atoms with Gasteiger partial charge in [-0.2, -0.15) is 0 Å². The SMILES string of the molecule is CC(C)C(N)C(=O)NC(CC(=O)O)C(=O)NC(CC(=O)O)C(=O)NC(CCCN=C(N)N)C(=O)O. The molecule has 0 heterocycles. The van der Waals surface area contributed by atoms with E-state index >= 15 is 0 Å². The van der Waals surface area contributed by atoms with E-state index < -0.39 is 72.6 Å². The number of carboxylic acid groups (broad SMARTS) is 3. The summed E-state index contributed by atoms with van der Waals surface area (Å²) < 4.78 is 0. The second-order valence-corrected chi connectivity index (χ2v) is 7.94. The van der Waals surface area contributed by atoms with Crippen molar-refractivity contribution in [3.63, 3.8) is 0 Å². The highest BCUT2D eigenvalue weighted by atomic mass is 16.4. The van der Waals surface area contributed by atoms with E-state index in [-0.39, 0.29) is 31.3 Å². The molecule has 4 unspecified atom stereocenters. The molecule has 0 saturated carbocycles. The van der Waals surface area contributed by atoms with Crippen LogP contribution in [-0.4, -0.2) is 87.6 Å². The summed E-state index contributed by atoms with van der Waals surface area (Å²) in [5.41, 5.74) is 16.0. The Morgan fingerprint density at radius 3 is 1.57 bits per heavy atom. The Bertz CT molecular complexity index is 827. The first-order chi connectivity index (χ1) is 16.1. The van der Waals surface area contributed by atoms with Crippen molar-refractivity contribution in [2.75, 3.05) is 6.54 Å². The summed E-state index contributed by atoms with van der Waals surface area (Å²) in [5.74, 6) is -8.08. The van der Waals surface area contributed by atoms with Crippen LogP contribution in [0.5, 0.6) is 0 Å². The molecular formula is C19H33N7O9. The molecule has 198 valence electrons. The molecule has 0 aromatic heterocycles. The molecule has 16 heteroatoms. The molecular weight excluding hydrogens is 470 g/mol. The van der Waals surface area contributed by atoms with Gasteiger partial charge in [-0.15, -0.1) is 0 Å². The minimum atomic E-state index is -1.77. The summed E-state index contributed by atoms with van der Waals surface area (Å²) in [6.45, 7) is 3.33. The van der Waals surface area contributed by atoms with E-state index in [4.69, 9.17) is 27.4 Å². The predicted molar refractivity (Wildman–Crippen MR) is 121 cm³/mol. The van der Waals surface area contributed by atoms with E-state index in [1.54, 1.807) is 13.8 Å². The van der Waals surface area contributed by atoms with E-state index in [2.05, 4.69) is 20.9 Å². The molecule has 0 aliphatic heterocycles. The van der Waals surface area contributed by atoms with Crippen molar-refractivity contribution in [3.05, 3.63) is 0 Å². The van der Waals surface area contributed by atoms with E-state index in [0.717, 1.165) is 0 Å². The van der Waals surface area contributed by atoms with Gasteiger partial charge in [0.05, 0.1) is 18.9 Å². The molecule has 0 fully saturated rings. The number of hydrogen-bond donors (Lipinski definition) is 9. The van der Waals surface area contributed by atoms with Crippen molar-refractivity contribution < 1.29 is 44.1 Å². The van der Waals surface area contributed by atoms with Crippen molar-refractivity contribution in [2.45, 2.75) is 63.7 Å². The average molecular weight is 504 g/mol. The Morgan fingerprint density at radius 1 is 0.771 bits per heavy atom. The minimum absolute atomic E-state index is 0.0757. The molecule has 0 aliphatic rings. The van der Waals surface area contributed by atoms with E-state index in [1.807, 2.05) is 0 Å². The fourth-order valence-corrected chi connectivity index (χ4v) is 2.64. The molecule has 0 spiro atoms. The number of nitrogens with two attached hydrogens (primary N) is 3. The molecule has 3 amide bonds. The van der Waals surface area contributed by atoms with Crippen LogP contribution in [0.2, 0.25) is 0 Å². The largest absolute Gasteiger partial charge is 0.481 e. The Morgan fingerprint density at radius 2 is 1.20 bits per heavy atom. The van der Waals surface area contributed by atoms with Gasteiger partial charge in [-0.25, -0.2) is 4.79 Å². The second-order valence-electron chi connectivity index (χ2n) is 7.94. The fraction of sp³-hybridized carbons (Fsp3) is 0.632. The normalized spacial score (nSPS) is 14.1. The number of nitrogens with one attached hydrogen (secondary N) is 3. The van der Waals surface area contributed by atoms with Gasteiger partial charge >= 0.3 is 17.9 Å². The number of aliphatic carboxylic acids is 3. The summed E-state index contributed by atoms with van der Waals surface area (Å²) in [7, 11) is 0. The topological polar surface area (TPSA) is 290 Å². The maximum Gasteiger partial charge on any atom is 0.326 e. The van der Waals surface area contributed by atoms with E-state index in [1.165, 1.54) is 0 Å². The zero-order valence-corrected chi connectivity index (χ0v) is 19.4. The summed E-state index contributed by atoms with van der Waals surface area (Å²) >= 11 is 0. The van der Waals surface area contributed by atoms with Crippen LogP contribution in [0.1, 0.15) is 39.5 Å². The second kappa shape index (κ2) is 15.0. The third-order valence-electron chi connectivity index (χ3n) is 4.60. The van der Waals surface area contributed by atoms with Gasteiger partial charge in [0.25, 0.3) is 0 Å².